The van der Waals surface area contributed by atoms with Gasteiger partial charge in [0, 0.05) is 17.2 Å². The molecule has 0 heterocycles. The predicted molar refractivity (Wildman–Crippen MR) is 84.0 cm³/mol. The van der Waals surface area contributed by atoms with Crippen molar-refractivity contribution in [3.8, 4) is 0 Å². The predicted octanol–water partition coefficient (Wildman–Crippen LogP) is 4.07. The molecule has 0 bridgehead atoms. The van der Waals surface area contributed by atoms with Gasteiger partial charge in [0.05, 0.1) is 0 Å². The summed E-state index contributed by atoms with van der Waals surface area (Å²) in [5, 5.41) is 3.52. The third-order valence-corrected chi connectivity index (χ3v) is 4.16. The van der Waals surface area contributed by atoms with Gasteiger partial charge in [0.1, 0.15) is 0 Å². The number of hydrogen-bond donors (Lipinski definition) is 1. The highest BCUT2D eigenvalue weighted by molar-refractivity contribution is 7.98. The van der Waals surface area contributed by atoms with Crippen molar-refractivity contribution in [3.05, 3.63) is 65.7 Å². The molecule has 0 aromatic heterocycles. The van der Waals surface area contributed by atoms with Crippen LogP contribution in [0.4, 0.5) is 0 Å². The SMILES string of the molecule is CSc1cccc(CNC(P)c2ccccc2)c1. The summed E-state index contributed by atoms with van der Waals surface area (Å²) in [4.78, 5) is 1.31. The van der Waals surface area contributed by atoms with E-state index in [9.17, 15) is 0 Å². The molecule has 3 heteroatoms. The lowest BCUT2D eigenvalue weighted by molar-refractivity contribution is 0.677. The molecule has 18 heavy (non-hydrogen) atoms. The first-order valence-corrected chi connectivity index (χ1v) is 7.85. The monoisotopic (exact) mass is 275 g/mol. The van der Waals surface area contributed by atoms with Crippen molar-refractivity contribution >= 4 is 21.0 Å². The smallest absolute Gasteiger partial charge is 0.0466 e. The average Bonchev–Trinajstić information content (AvgIpc) is 2.46. The number of rotatable bonds is 5. The highest BCUT2D eigenvalue weighted by Crippen LogP contribution is 2.21. The Morgan fingerprint density at radius 2 is 1.89 bits per heavy atom. The number of nitrogens with one attached hydrogen (secondary N) is 1. The summed E-state index contributed by atoms with van der Waals surface area (Å²) in [6.07, 6.45) is 2.11. The molecule has 0 amide bonds. The maximum atomic E-state index is 3.52. The molecule has 2 rings (SSSR count). The van der Waals surface area contributed by atoms with Crippen LogP contribution < -0.4 is 5.32 Å². The maximum absolute atomic E-state index is 3.52. The zero-order valence-corrected chi connectivity index (χ0v) is 12.4. The van der Waals surface area contributed by atoms with Crippen LogP contribution in [-0.2, 0) is 6.54 Å². The fourth-order valence-corrected chi connectivity index (χ4v) is 2.61. The molecule has 0 saturated carbocycles. The minimum atomic E-state index is 0.295. The van der Waals surface area contributed by atoms with Crippen LogP contribution in [0.15, 0.2) is 59.5 Å². The van der Waals surface area contributed by atoms with Crippen molar-refractivity contribution in [2.24, 2.45) is 0 Å². The van der Waals surface area contributed by atoms with Crippen LogP contribution in [0, 0.1) is 0 Å². The molecule has 0 aliphatic carbocycles. The second kappa shape index (κ2) is 6.94. The van der Waals surface area contributed by atoms with Gasteiger partial charge in [-0.25, -0.2) is 0 Å². The standard InChI is InChI=1S/C15H18NPS/c1-18-14-9-5-6-12(10-14)11-16-15(17)13-7-3-2-4-8-13/h2-10,15-16H,11,17H2,1H3. The van der Waals surface area contributed by atoms with E-state index in [2.05, 4.69) is 69.3 Å². The molecular formula is C15H18NPS. The van der Waals surface area contributed by atoms with Gasteiger partial charge < -0.3 is 5.32 Å². The molecule has 0 saturated heterocycles. The van der Waals surface area contributed by atoms with Crippen LogP contribution in [0.1, 0.15) is 16.9 Å². The minimum Gasteiger partial charge on any atom is -0.303 e. The fraction of sp³-hybridized carbons (Fsp3) is 0.200. The van der Waals surface area contributed by atoms with Gasteiger partial charge in [-0.15, -0.1) is 21.0 Å². The Bertz CT molecular complexity index is 487. The van der Waals surface area contributed by atoms with Gasteiger partial charge in [0.2, 0.25) is 0 Å². The quantitative estimate of drug-likeness (QED) is 0.652. The second-order valence-electron chi connectivity index (χ2n) is 4.12. The number of benzene rings is 2. The first kappa shape index (κ1) is 13.6. The lowest BCUT2D eigenvalue weighted by atomic mass is 10.2. The van der Waals surface area contributed by atoms with E-state index in [0.29, 0.717) is 5.78 Å². The van der Waals surface area contributed by atoms with Crippen molar-refractivity contribution in [1.29, 1.82) is 0 Å². The molecule has 2 unspecified atom stereocenters. The van der Waals surface area contributed by atoms with Crippen LogP contribution >= 0.6 is 21.0 Å². The molecule has 94 valence electrons. The van der Waals surface area contributed by atoms with E-state index in [4.69, 9.17) is 0 Å². The normalized spacial score (nSPS) is 12.3. The van der Waals surface area contributed by atoms with E-state index in [-0.39, 0.29) is 0 Å². The molecule has 2 atom stereocenters. The Morgan fingerprint density at radius 3 is 2.61 bits per heavy atom. The maximum Gasteiger partial charge on any atom is 0.0466 e. The Morgan fingerprint density at radius 1 is 1.11 bits per heavy atom. The highest BCUT2D eigenvalue weighted by Gasteiger charge is 2.04. The Balaban J connectivity index is 1.95. The molecule has 0 spiro atoms. The Hall–Kier alpha value is -0.820. The topological polar surface area (TPSA) is 12.0 Å². The summed E-state index contributed by atoms with van der Waals surface area (Å²) in [6.45, 7) is 0.886. The molecule has 0 aliphatic rings. The van der Waals surface area contributed by atoms with Crippen LogP contribution in [0.3, 0.4) is 0 Å². The minimum absolute atomic E-state index is 0.295. The van der Waals surface area contributed by atoms with Gasteiger partial charge in [-0.05, 0) is 29.5 Å². The molecular weight excluding hydrogens is 257 g/mol. The van der Waals surface area contributed by atoms with E-state index in [0.717, 1.165) is 6.54 Å². The molecule has 0 aliphatic heterocycles. The molecule has 1 nitrogen and oxygen atoms in total. The number of thioether (sulfide) groups is 1. The third-order valence-electron chi connectivity index (χ3n) is 2.82. The van der Waals surface area contributed by atoms with Crippen molar-refractivity contribution in [2.75, 3.05) is 6.26 Å². The van der Waals surface area contributed by atoms with Crippen molar-refractivity contribution < 1.29 is 0 Å². The Labute approximate surface area is 116 Å². The molecule has 2 aromatic carbocycles. The van der Waals surface area contributed by atoms with E-state index >= 15 is 0 Å². The van der Waals surface area contributed by atoms with Crippen molar-refractivity contribution in [2.45, 2.75) is 17.2 Å². The molecule has 0 radical (unpaired) electrons. The van der Waals surface area contributed by atoms with Crippen LogP contribution in [-0.4, -0.2) is 6.26 Å². The summed E-state index contributed by atoms with van der Waals surface area (Å²) in [7, 11) is 2.85. The van der Waals surface area contributed by atoms with Crippen molar-refractivity contribution in [1.82, 2.24) is 5.32 Å². The first-order chi connectivity index (χ1) is 8.79. The fourth-order valence-electron chi connectivity index (χ4n) is 1.79. The van der Waals surface area contributed by atoms with Crippen LogP contribution in [0.2, 0.25) is 0 Å². The van der Waals surface area contributed by atoms with E-state index in [1.807, 2.05) is 6.07 Å². The molecule has 1 N–H and O–H groups in total. The van der Waals surface area contributed by atoms with Gasteiger partial charge in [0.25, 0.3) is 0 Å². The van der Waals surface area contributed by atoms with Gasteiger partial charge >= 0.3 is 0 Å². The van der Waals surface area contributed by atoms with E-state index < -0.39 is 0 Å². The van der Waals surface area contributed by atoms with Crippen LogP contribution in [0.25, 0.3) is 0 Å². The lowest BCUT2D eigenvalue weighted by Gasteiger charge is -2.14. The molecule has 2 aromatic rings. The average molecular weight is 275 g/mol. The summed E-state index contributed by atoms with van der Waals surface area (Å²) in [5.74, 6) is 0.295. The summed E-state index contributed by atoms with van der Waals surface area (Å²) >= 11 is 1.78. The van der Waals surface area contributed by atoms with Gasteiger partial charge in [0.15, 0.2) is 0 Å². The van der Waals surface area contributed by atoms with Gasteiger partial charge in [-0.3, -0.25) is 0 Å². The highest BCUT2D eigenvalue weighted by atomic mass is 32.2. The third kappa shape index (κ3) is 3.84. The summed E-state index contributed by atoms with van der Waals surface area (Å²) < 4.78 is 0. The van der Waals surface area contributed by atoms with E-state index in [1.165, 1.54) is 16.0 Å². The summed E-state index contributed by atoms with van der Waals surface area (Å²) in [6, 6.07) is 19.1. The van der Waals surface area contributed by atoms with Gasteiger partial charge in [-0.1, -0.05) is 42.5 Å². The molecule has 0 fully saturated rings. The Kier molecular flexibility index (Phi) is 5.25. The second-order valence-corrected chi connectivity index (χ2v) is 5.67. The zero-order chi connectivity index (χ0) is 12.8. The van der Waals surface area contributed by atoms with Crippen LogP contribution in [0.5, 0.6) is 0 Å². The number of hydrogen-bond acceptors (Lipinski definition) is 2. The lowest BCUT2D eigenvalue weighted by Crippen LogP contribution is -2.15. The first-order valence-electron chi connectivity index (χ1n) is 5.96. The largest absolute Gasteiger partial charge is 0.303 e. The van der Waals surface area contributed by atoms with Gasteiger partial charge in [-0.2, -0.15) is 0 Å². The van der Waals surface area contributed by atoms with Crippen molar-refractivity contribution in [3.63, 3.8) is 0 Å². The summed E-state index contributed by atoms with van der Waals surface area (Å²) in [5.41, 5.74) is 2.62. The van der Waals surface area contributed by atoms with E-state index in [1.54, 1.807) is 11.8 Å². The zero-order valence-electron chi connectivity index (χ0n) is 10.5.